The molecular formula is C38H67NO11. The maximum Gasteiger partial charge on any atom is 0.311 e. The van der Waals surface area contributed by atoms with E-state index in [1.165, 1.54) is 0 Å². The van der Waals surface area contributed by atoms with Crippen molar-refractivity contribution < 1.29 is 53.3 Å². The number of hydrogen-bond acceptors (Lipinski definition) is 12. The van der Waals surface area contributed by atoms with Gasteiger partial charge in [0, 0.05) is 43.2 Å². The number of aliphatic hydroxyl groups excluding tert-OH is 3. The van der Waals surface area contributed by atoms with Gasteiger partial charge in [-0.1, -0.05) is 34.6 Å². The van der Waals surface area contributed by atoms with Crippen molar-refractivity contribution in [3.8, 4) is 0 Å². The number of ketones is 1. The minimum Gasteiger partial charge on any atom is -0.461 e. The van der Waals surface area contributed by atoms with E-state index in [-0.39, 0.29) is 36.2 Å². The lowest BCUT2D eigenvalue weighted by Gasteiger charge is -2.47. The first kappa shape index (κ1) is 41.5. The zero-order chi connectivity index (χ0) is 37.4. The molecule has 0 amide bonds. The third-order valence-electron chi connectivity index (χ3n) is 12.4. The summed E-state index contributed by atoms with van der Waals surface area (Å²) in [6, 6.07) is -0.201. The van der Waals surface area contributed by atoms with Gasteiger partial charge in [0.1, 0.15) is 24.1 Å². The van der Waals surface area contributed by atoms with Crippen molar-refractivity contribution in [2.45, 2.75) is 167 Å². The fourth-order valence-electron chi connectivity index (χ4n) is 8.75. The van der Waals surface area contributed by atoms with Gasteiger partial charge in [0.15, 0.2) is 12.6 Å². The fourth-order valence-corrected chi connectivity index (χ4v) is 8.75. The average molecular weight is 714 g/mol. The highest BCUT2D eigenvalue weighted by atomic mass is 16.7. The molecule has 1 saturated carbocycles. The summed E-state index contributed by atoms with van der Waals surface area (Å²) < 4.78 is 38.0. The molecule has 4 aliphatic rings. The van der Waals surface area contributed by atoms with Crippen LogP contribution in [-0.2, 0) is 38.0 Å². The minimum absolute atomic E-state index is 0.0565. The Morgan fingerprint density at radius 1 is 0.820 bits per heavy atom. The van der Waals surface area contributed by atoms with Gasteiger partial charge in [-0.15, -0.1) is 0 Å². The summed E-state index contributed by atoms with van der Waals surface area (Å²) in [6.07, 6.45) is -4.35. The summed E-state index contributed by atoms with van der Waals surface area (Å²) in [5.41, 5.74) is -0.952. The molecule has 3 heterocycles. The second-order valence-electron chi connectivity index (χ2n) is 16.8. The zero-order valence-corrected chi connectivity index (χ0v) is 32.5. The van der Waals surface area contributed by atoms with Crippen molar-refractivity contribution in [3.63, 3.8) is 0 Å². The molecule has 50 heavy (non-hydrogen) atoms. The standard InChI is InChI=1S/C38H67NO11/c1-18-15-19(2)32(50-37-31(42)27(39(10)11)16-20(3)46-37)23(6)33(48-28-17-38(9,45-12)35(43)25(8)47-28)24(7)36(44)49-34(26-13-14-26)22(5)30(41)21(4)29(18)40/h18-28,30-35,37,41-43H,13-17H2,1-12H3/t18-,19+,20-,21+,22-,23-,24-,25+,27+,28+,30-,31-,32+,33?,34+,35+,37+,38-/m1/s1. The Kier molecular flexibility index (Phi) is 14.0. The Morgan fingerprint density at radius 2 is 1.46 bits per heavy atom. The van der Waals surface area contributed by atoms with Crippen molar-refractivity contribution in [2.75, 3.05) is 21.2 Å². The molecule has 0 aromatic rings. The average Bonchev–Trinajstić information content (AvgIpc) is 3.91. The highest BCUT2D eigenvalue weighted by molar-refractivity contribution is 5.83. The van der Waals surface area contributed by atoms with Gasteiger partial charge in [-0.2, -0.15) is 0 Å². The van der Waals surface area contributed by atoms with E-state index >= 15 is 0 Å². The van der Waals surface area contributed by atoms with Gasteiger partial charge >= 0.3 is 5.97 Å². The van der Waals surface area contributed by atoms with Gasteiger partial charge in [0.2, 0.25) is 0 Å². The predicted molar refractivity (Wildman–Crippen MR) is 186 cm³/mol. The summed E-state index contributed by atoms with van der Waals surface area (Å²) in [5.74, 6) is -3.45. The number of likely N-dealkylation sites (N-methyl/N-ethyl adjacent to an activating group) is 1. The number of rotatable bonds is 7. The number of ether oxygens (including phenoxy) is 6. The minimum atomic E-state index is -0.986. The number of carbonyl (C=O) groups excluding carboxylic acids is 2. The number of nitrogens with zero attached hydrogens (tertiary/aromatic N) is 1. The molecule has 12 heteroatoms. The van der Waals surface area contributed by atoms with Crippen LogP contribution in [0.15, 0.2) is 0 Å². The summed E-state index contributed by atoms with van der Waals surface area (Å²) in [4.78, 5) is 30.0. The van der Waals surface area contributed by atoms with Crippen molar-refractivity contribution >= 4 is 11.8 Å². The van der Waals surface area contributed by atoms with Crippen LogP contribution in [-0.4, -0.2) is 126 Å². The summed E-state index contributed by atoms with van der Waals surface area (Å²) >= 11 is 0. The maximum atomic E-state index is 14.2. The molecule has 12 nitrogen and oxygen atoms in total. The van der Waals surface area contributed by atoms with Gasteiger partial charge in [0.05, 0.1) is 42.0 Å². The lowest BCUT2D eigenvalue weighted by molar-refractivity contribution is -0.309. The first-order valence-corrected chi connectivity index (χ1v) is 18.9. The van der Waals surface area contributed by atoms with Crippen LogP contribution in [0, 0.1) is 41.4 Å². The van der Waals surface area contributed by atoms with Crippen LogP contribution in [0.25, 0.3) is 0 Å². The van der Waals surface area contributed by atoms with E-state index in [1.807, 2.05) is 60.5 Å². The van der Waals surface area contributed by atoms with Crippen LogP contribution in [0.2, 0.25) is 0 Å². The van der Waals surface area contributed by atoms with E-state index < -0.39 is 96.5 Å². The Balaban J connectivity index is 1.76. The third-order valence-corrected chi connectivity index (χ3v) is 12.4. The summed E-state index contributed by atoms with van der Waals surface area (Å²) in [5, 5.41) is 33.9. The Labute approximate surface area is 299 Å². The molecule has 4 rings (SSSR count). The molecule has 0 radical (unpaired) electrons. The first-order chi connectivity index (χ1) is 23.3. The van der Waals surface area contributed by atoms with E-state index in [4.69, 9.17) is 28.4 Å². The predicted octanol–water partition coefficient (Wildman–Crippen LogP) is 3.56. The number of Topliss-reactive ketones (excluding diaryl/α,β-unsaturated/α-hetero) is 1. The molecule has 1 aliphatic carbocycles. The molecule has 18 atom stereocenters. The van der Waals surface area contributed by atoms with Crippen molar-refractivity contribution in [1.29, 1.82) is 0 Å². The number of esters is 1. The van der Waals surface area contributed by atoms with Gasteiger partial charge in [-0.25, -0.2) is 0 Å². The molecule has 0 spiro atoms. The van der Waals surface area contributed by atoms with Crippen LogP contribution in [0.5, 0.6) is 0 Å². The SMILES string of the molecule is CO[C@]1(C)C[C@H](OC2[C@@H](C)C(=O)O[C@H](C3CC3)[C@H](C)[C@H](O)[C@@H](C)C(=O)[C@H](C)C[C@H](C)[C@H](O[C@@H]3O[C@H](C)C[C@H](N(C)C)[C@H]3O)[C@H]2C)O[C@@H](C)[C@@H]1O. The van der Waals surface area contributed by atoms with E-state index in [9.17, 15) is 24.9 Å². The Bertz CT molecular complexity index is 1140. The van der Waals surface area contributed by atoms with E-state index in [1.54, 1.807) is 27.9 Å². The molecule has 1 unspecified atom stereocenters. The smallest absolute Gasteiger partial charge is 0.311 e. The normalized spacial score (nSPS) is 49.0. The van der Waals surface area contributed by atoms with Gasteiger partial charge in [-0.3, -0.25) is 9.59 Å². The third kappa shape index (κ3) is 9.10. The van der Waals surface area contributed by atoms with Crippen LogP contribution in [0.1, 0.15) is 94.4 Å². The molecule has 0 aromatic heterocycles. The van der Waals surface area contributed by atoms with Gasteiger partial charge in [-0.05, 0) is 79.3 Å². The van der Waals surface area contributed by atoms with Crippen LogP contribution < -0.4 is 0 Å². The molecule has 0 aromatic carbocycles. The number of methoxy groups -OCH3 is 1. The number of cyclic esters (lactones) is 1. The quantitative estimate of drug-likeness (QED) is 0.331. The molecule has 290 valence electrons. The van der Waals surface area contributed by atoms with E-state index in [0.29, 0.717) is 12.8 Å². The van der Waals surface area contributed by atoms with Crippen LogP contribution in [0.3, 0.4) is 0 Å². The lowest BCUT2D eigenvalue weighted by atomic mass is 9.76. The topological polar surface area (TPSA) is 153 Å². The second kappa shape index (κ2) is 16.8. The number of aliphatic hydroxyl groups is 3. The van der Waals surface area contributed by atoms with Crippen LogP contribution in [0.4, 0.5) is 0 Å². The number of hydrogen-bond donors (Lipinski definition) is 3. The Hall–Kier alpha value is -1.22. The molecule has 0 bridgehead atoms. The molecular weight excluding hydrogens is 646 g/mol. The van der Waals surface area contributed by atoms with Crippen LogP contribution >= 0.6 is 0 Å². The highest BCUT2D eigenvalue weighted by Gasteiger charge is 2.50. The second-order valence-corrected chi connectivity index (χ2v) is 16.8. The summed E-state index contributed by atoms with van der Waals surface area (Å²) in [7, 11) is 5.38. The van der Waals surface area contributed by atoms with E-state index in [0.717, 1.165) is 12.8 Å². The van der Waals surface area contributed by atoms with Gasteiger partial charge in [0.25, 0.3) is 0 Å². The van der Waals surface area contributed by atoms with Crippen molar-refractivity contribution in [3.05, 3.63) is 0 Å². The zero-order valence-electron chi connectivity index (χ0n) is 32.5. The maximum absolute atomic E-state index is 14.2. The molecule has 3 aliphatic heterocycles. The lowest BCUT2D eigenvalue weighted by Crippen LogP contribution is -2.58. The largest absolute Gasteiger partial charge is 0.461 e. The van der Waals surface area contributed by atoms with Gasteiger partial charge < -0.3 is 48.6 Å². The van der Waals surface area contributed by atoms with Crippen molar-refractivity contribution in [1.82, 2.24) is 4.90 Å². The highest BCUT2D eigenvalue weighted by Crippen LogP contribution is 2.42. The Morgan fingerprint density at radius 3 is 2.04 bits per heavy atom. The van der Waals surface area contributed by atoms with Crippen molar-refractivity contribution in [2.24, 2.45) is 41.4 Å². The molecule has 3 saturated heterocycles. The fraction of sp³-hybridized carbons (Fsp3) is 0.947. The molecule has 4 fully saturated rings. The first-order valence-electron chi connectivity index (χ1n) is 18.9. The molecule has 3 N–H and O–H groups in total. The van der Waals surface area contributed by atoms with E-state index in [2.05, 4.69) is 0 Å². The monoisotopic (exact) mass is 713 g/mol. The number of carbonyl (C=O) groups is 2. The summed E-state index contributed by atoms with van der Waals surface area (Å²) in [6.45, 7) is 16.8.